The van der Waals surface area contributed by atoms with Crippen molar-refractivity contribution in [3.8, 4) is 0 Å². The fourth-order valence-corrected chi connectivity index (χ4v) is 4.06. The molecule has 1 fully saturated rings. The highest BCUT2D eigenvalue weighted by Gasteiger charge is 2.25. The zero-order valence-electron chi connectivity index (χ0n) is 15.7. The van der Waals surface area contributed by atoms with Crippen LogP contribution >= 0.6 is 0 Å². The zero-order valence-corrected chi connectivity index (χ0v) is 16.5. The molecule has 2 rings (SSSR count). The molecule has 0 aliphatic carbocycles. The summed E-state index contributed by atoms with van der Waals surface area (Å²) in [4.78, 5) is 6.50. The second-order valence-electron chi connectivity index (χ2n) is 6.82. The van der Waals surface area contributed by atoms with E-state index in [1.807, 2.05) is 7.05 Å². The lowest BCUT2D eigenvalue weighted by atomic mass is 9.98. The van der Waals surface area contributed by atoms with Crippen molar-refractivity contribution < 1.29 is 8.42 Å². The monoisotopic (exact) mass is 366 g/mol. The van der Waals surface area contributed by atoms with Gasteiger partial charge < -0.3 is 10.2 Å². The van der Waals surface area contributed by atoms with Crippen LogP contribution in [0.5, 0.6) is 0 Å². The molecule has 1 aromatic carbocycles. The van der Waals surface area contributed by atoms with Gasteiger partial charge in [0.15, 0.2) is 5.96 Å². The first-order chi connectivity index (χ1) is 11.8. The lowest BCUT2D eigenvalue weighted by Gasteiger charge is -2.31. The van der Waals surface area contributed by atoms with E-state index in [9.17, 15) is 8.42 Å². The van der Waals surface area contributed by atoms with Gasteiger partial charge in [0.05, 0.1) is 6.26 Å². The van der Waals surface area contributed by atoms with Crippen molar-refractivity contribution in [1.82, 2.24) is 14.5 Å². The third kappa shape index (κ3) is 5.71. The Balaban J connectivity index is 1.84. The number of piperidine rings is 1. The first kappa shape index (κ1) is 19.7. The van der Waals surface area contributed by atoms with E-state index in [0.717, 1.165) is 31.9 Å². The van der Waals surface area contributed by atoms with E-state index in [0.29, 0.717) is 19.0 Å². The van der Waals surface area contributed by atoms with Gasteiger partial charge in [0, 0.05) is 40.3 Å². The summed E-state index contributed by atoms with van der Waals surface area (Å²) in [6.07, 6.45) is 3.06. The number of hydrogen-bond donors (Lipinski definition) is 1. The molecule has 1 aromatic rings. The van der Waals surface area contributed by atoms with E-state index in [2.05, 4.69) is 46.4 Å². The maximum Gasteiger partial charge on any atom is 0.211 e. The summed E-state index contributed by atoms with van der Waals surface area (Å²) in [7, 11) is 0.774. The van der Waals surface area contributed by atoms with Crippen LogP contribution in [0.4, 0.5) is 0 Å². The molecule has 1 saturated heterocycles. The van der Waals surface area contributed by atoms with Crippen LogP contribution in [-0.2, 0) is 16.6 Å². The number of nitrogens with zero attached hydrogens (tertiary/aromatic N) is 3. The molecule has 7 heteroatoms. The van der Waals surface area contributed by atoms with E-state index in [-0.39, 0.29) is 0 Å². The van der Waals surface area contributed by atoms with E-state index >= 15 is 0 Å². The van der Waals surface area contributed by atoms with Crippen molar-refractivity contribution in [3.05, 3.63) is 35.4 Å². The van der Waals surface area contributed by atoms with Gasteiger partial charge >= 0.3 is 0 Å². The van der Waals surface area contributed by atoms with Gasteiger partial charge in [-0.25, -0.2) is 12.7 Å². The Kier molecular flexibility index (Phi) is 6.84. The maximum atomic E-state index is 11.6. The SMILES string of the molecule is CN=C(NCC1CCN(S(C)(=O)=O)CC1)N(C)Cc1ccccc1C. The molecular formula is C18H30N4O2S. The summed E-state index contributed by atoms with van der Waals surface area (Å²) in [5, 5.41) is 3.44. The number of nitrogens with one attached hydrogen (secondary N) is 1. The van der Waals surface area contributed by atoms with Gasteiger partial charge in [-0.1, -0.05) is 24.3 Å². The molecular weight excluding hydrogens is 336 g/mol. The van der Waals surface area contributed by atoms with Crippen molar-refractivity contribution in [2.24, 2.45) is 10.9 Å². The Labute approximate surface area is 152 Å². The Morgan fingerprint density at radius 1 is 1.32 bits per heavy atom. The fourth-order valence-electron chi connectivity index (χ4n) is 3.18. The van der Waals surface area contributed by atoms with Crippen LogP contribution < -0.4 is 5.32 Å². The number of benzene rings is 1. The minimum Gasteiger partial charge on any atom is -0.356 e. The summed E-state index contributed by atoms with van der Waals surface area (Å²) >= 11 is 0. The standard InChI is InChI=1S/C18H30N4O2S/c1-15-7-5-6-8-17(15)14-21(3)18(19-2)20-13-16-9-11-22(12-10-16)25(4,23)24/h5-8,16H,9-14H2,1-4H3,(H,19,20). The average molecular weight is 367 g/mol. The molecule has 1 heterocycles. The first-order valence-corrected chi connectivity index (χ1v) is 10.6. The number of aliphatic imine (C=N–C) groups is 1. The summed E-state index contributed by atoms with van der Waals surface area (Å²) in [6, 6.07) is 8.37. The highest BCUT2D eigenvalue weighted by molar-refractivity contribution is 7.88. The number of sulfonamides is 1. The Hall–Kier alpha value is -1.60. The van der Waals surface area contributed by atoms with E-state index < -0.39 is 10.0 Å². The maximum absolute atomic E-state index is 11.6. The van der Waals surface area contributed by atoms with Crippen LogP contribution in [-0.4, -0.2) is 63.6 Å². The molecule has 0 atom stereocenters. The fraction of sp³-hybridized carbons (Fsp3) is 0.611. The molecule has 25 heavy (non-hydrogen) atoms. The topological polar surface area (TPSA) is 65.0 Å². The van der Waals surface area contributed by atoms with Crippen LogP contribution in [0.15, 0.2) is 29.3 Å². The lowest BCUT2D eigenvalue weighted by Crippen LogP contribution is -2.44. The molecule has 0 spiro atoms. The summed E-state index contributed by atoms with van der Waals surface area (Å²) in [5.41, 5.74) is 2.56. The van der Waals surface area contributed by atoms with Crippen LogP contribution in [0.3, 0.4) is 0 Å². The quantitative estimate of drug-likeness (QED) is 0.636. The second kappa shape index (κ2) is 8.67. The zero-order chi connectivity index (χ0) is 18.4. The molecule has 0 aromatic heterocycles. The van der Waals surface area contributed by atoms with Gasteiger partial charge in [0.25, 0.3) is 0 Å². The number of rotatable bonds is 5. The number of guanidine groups is 1. The van der Waals surface area contributed by atoms with Crippen molar-refractivity contribution in [2.75, 3.05) is 40.0 Å². The number of aryl methyl sites for hydroxylation is 1. The normalized spacial score (nSPS) is 17.5. The highest BCUT2D eigenvalue weighted by atomic mass is 32.2. The van der Waals surface area contributed by atoms with Crippen LogP contribution in [0.25, 0.3) is 0 Å². The van der Waals surface area contributed by atoms with Crippen LogP contribution in [0, 0.1) is 12.8 Å². The lowest BCUT2D eigenvalue weighted by molar-refractivity contribution is 0.273. The summed E-state index contributed by atoms with van der Waals surface area (Å²) in [6.45, 7) is 4.97. The first-order valence-electron chi connectivity index (χ1n) is 8.72. The molecule has 1 aliphatic rings. The molecule has 0 unspecified atom stereocenters. The predicted molar refractivity (Wildman–Crippen MR) is 103 cm³/mol. The van der Waals surface area contributed by atoms with Crippen LogP contribution in [0.1, 0.15) is 24.0 Å². The molecule has 6 nitrogen and oxygen atoms in total. The Morgan fingerprint density at radius 3 is 2.52 bits per heavy atom. The molecule has 1 aliphatic heterocycles. The second-order valence-corrected chi connectivity index (χ2v) is 8.80. The Morgan fingerprint density at radius 2 is 1.96 bits per heavy atom. The summed E-state index contributed by atoms with van der Waals surface area (Å²) < 4.78 is 24.7. The van der Waals surface area contributed by atoms with Crippen molar-refractivity contribution in [2.45, 2.75) is 26.3 Å². The minimum atomic E-state index is -3.06. The average Bonchev–Trinajstić information content (AvgIpc) is 2.57. The van der Waals surface area contributed by atoms with Gasteiger partial charge in [-0.2, -0.15) is 0 Å². The van der Waals surface area contributed by atoms with E-state index in [1.54, 1.807) is 11.4 Å². The van der Waals surface area contributed by atoms with Crippen molar-refractivity contribution in [3.63, 3.8) is 0 Å². The molecule has 0 radical (unpaired) electrons. The number of hydrogen-bond acceptors (Lipinski definition) is 3. The van der Waals surface area contributed by atoms with Gasteiger partial charge in [-0.05, 0) is 36.8 Å². The smallest absolute Gasteiger partial charge is 0.211 e. The van der Waals surface area contributed by atoms with Gasteiger partial charge in [-0.15, -0.1) is 0 Å². The summed E-state index contributed by atoms with van der Waals surface area (Å²) in [5.74, 6) is 1.34. The van der Waals surface area contributed by atoms with Gasteiger partial charge in [0.2, 0.25) is 10.0 Å². The largest absolute Gasteiger partial charge is 0.356 e. The molecule has 0 amide bonds. The molecule has 1 N–H and O–H groups in total. The third-order valence-corrected chi connectivity index (χ3v) is 6.14. The third-order valence-electron chi connectivity index (χ3n) is 4.83. The highest BCUT2D eigenvalue weighted by Crippen LogP contribution is 2.18. The minimum absolute atomic E-state index is 0.474. The molecule has 140 valence electrons. The predicted octanol–water partition coefficient (Wildman–Crippen LogP) is 1.67. The molecule has 0 bridgehead atoms. The Bertz CT molecular complexity index is 695. The van der Waals surface area contributed by atoms with Gasteiger partial charge in [-0.3, -0.25) is 4.99 Å². The van der Waals surface area contributed by atoms with Crippen molar-refractivity contribution in [1.29, 1.82) is 0 Å². The molecule has 0 saturated carbocycles. The van der Waals surface area contributed by atoms with E-state index in [1.165, 1.54) is 17.4 Å². The van der Waals surface area contributed by atoms with E-state index in [4.69, 9.17) is 0 Å². The van der Waals surface area contributed by atoms with Crippen LogP contribution in [0.2, 0.25) is 0 Å². The van der Waals surface area contributed by atoms with Crippen molar-refractivity contribution >= 4 is 16.0 Å². The van der Waals surface area contributed by atoms with Gasteiger partial charge in [0.1, 0.15) is 0 Å².